The van der Waals surface area contributed by atoms with Crippen molar-refractivity contribution in [1.29, 1.82) is 0 Å². The number of alkyl halides is 2. The average molecular weight is 752 g/mol. The first-order valence-electron chi connectivity index (χ1n) is 12.5. The van der Waals surface area contributed by atoms with Gasteiger partial charge >= 0.3 is 18.0 Å². The summed E-state index contributed by atoms with van der Waals surface area (Å²) in [5, 5.41) is 0. The number of benzene rings is 2. The highest BCUT2D eigenvalue weighted by atomic mass is 127. The van der Waals surface area contributed by atoms with Crippen LogP contribution in [0, 0.1) is 31.3 Å². The van der Waals surface area contributed by atoms with E-state index >= 15 is 0 Å². The van der Waals surface area contributed by atoms with Crippen molar-refractivity contribution in [3.63, 3.8) is 0 Å². The predicted molar refractivity (Wildman–Crippen MR) is 152 cm³/mol. The normalized spacial score (nSPS) is 27.6. The lowest BCUT2D eigenvalue weighted by Gasteiger charge is -2.60. The molecule has 6 rings (SSSR count). The molecule has 0 N–H and O–H groups in total. The van der Waals surface area contributed by atoms with Crippen LogP contribution in [0.25, 0.3) is 0 Å². The topological polar surface area (TPSA) is 71.1 Å². The molecule has 4 bridgehead atoms. The quantitative estimate of drug-likeness (QED) is 0.162. The summed E-state index contributed by atoms with van der Waals surface area (Å²) in [5.74, 6) is -2.72. The maximum Gasteiger partial charge on any atom is 0.514 e. The van der Waals surface area contributed by atoms with Gasteiger partial charge in [0.25, 0.3) is 0 Å². The monoisotopic (exact) mass is 752 g/mol. The van der Waals surface area contributed by atoms with Crippen molar-refractivity contribution in [3.8, 4) is 17.2 Å². The Bertz CT molecular complexity index is 1210. The van der Waals surface area contributed by atoms with Crippen molar-refractivity contribution in [2.45, 2.75) is 63.9 Å². The van der Waals surface area contributed by atoms with E-state index < -0.39 is 29.1 Å². The molecule has 4 saturated carbocycles. The van der Waals surface area contributed by atoms with Gasteiger partial charge in [0.15, 0.2) is 0 Å². The summed E-state index contributed by atoms with van der Waals surface area (Å²) >= 11 is 4.51. The molecule has 4 fully saturated rings. The third kappa shape index (κ3) is 6.05. The van der Waals surface area contributed by atoms with Crippen LogP contribution in [0.2, 0.25) is 0 Å². The first-order valence-corrected chi connectivity index (χ1v) is 14.7. The molecule has 0 aliphatic heterocycles. The first-order chi connectivity index (χ1) is 17.8. The van der Waals surface area contributed by atoms with Crippen molar-refractivity contribution >= 4 is 57.3 Å². The molecule has 0 radical (unpaired) electrons. The van der Waals surface area contributed by atoms with E-state index in [1.165, 1.54) is 0 Å². The summed E-state index contributed by atoms with van der Waals surface area (Å²) in [6.07, 6.45) is 3.68. The van der Waals surface area contributed by atoms with E-state index in [1.54, 1.807) is 24.3 Å². The Kier molecular flexibility index (Phi) is 7.60. The van der Waals surface area contributed by atoms with E-state index in [2.05, 4.69) is 45.2 Å². The third-order valence-corrected chi connectivity index (χ3v) is 9.16. The molecule has 10 heteroatoms. The summed E-state index contributed by atoms with van der Waals surface area (Å²) in [5.41, 5.74) is -0.156. The minimum absolute atomic E-state index is 0.0805. The van der Waals surface area contributed by atoms with Gasteiger partial charge in [0.05, 0.1) is 10.2 Å². The molecule has 2 atom stereocenters. The van der Waals surface area contributed by atoms with Gasteiger partial charge in [0, 0.05) is 15.9 Å². The smallest absolute Gasteiger partial charge is 0.461 e. The van der Waals surface area contributed by atoms with Crippen LogP contribution in [-0.4, -0.2) is 30.3 Å². The highest BCUT2D eigenvalue weighted by Crippen LogP contribution is 2.63. The molecule has 0 amide bonds. The van der Waals surface area contributed by atoms with E-state index in [4.69, 9.17) is 18.9 Å². The lowest BCUT2D eigenvalue weighted by molar-refractivity contribution is -0.199. The second kappa shape index (κ2) is 10.4. The van der Waals surface area contributed by atoms with E-state index in [-0.39, 0.29) is 6.61 Å². The zero-order chi connectivity index (χ0) is 27.3. The number of halogens is 4. The number of hydrogen-bond donors (Lipinski definition) is 0. The Morgan fingerprint density at radius 3 is 2.26 bits per heavy atom. The van der Waals surface area contributed by atoms with Crippen LogP contribution in [0.3, 0.4) is 0 Å². The van der Waals surface area contributed by atoms with Crippen LogP contribution in [0.15, 0.2) is 36.4 Å². The van der Waals surface area contributed by atoms with Gasteiger partial charge in [-0.2, -0.15) is 8.78 Å². The van der Waals surface area contributed by atoms with E-state index in [1.807, 2.05) is 19.1 Å². The Labute approximate surface area is 247 Å². The number of esters is 1. The molecule has 204 valence electrons. The van der Waals surface area contributed by atoms with Gasteiger partial charge in [-0.1, -0.05) is 0 Å². The Morgan fingerprint density at radius 2 is 1.66 bits per heavy atom. The fourth-order valence-electron chi connectivity index (χ4n) is 6.80. The number of carbonyl (C=O) groups excluding carboxylic acids is 2. The second-order valence-corrected chi connectivity index (χ2v) is 13.6. The average Bonchev–Trinajstić information content (AvgIpc) is 2.79. The van der Waals surface area contributed by atoms with Gasteiger partial charge in [-0.15, -0.1) is 0 Å². The molecule has 0 saturated heterocycles. The van der Waals surface area contributed by atoms with Crippen LogP contribution in [0.4, 0.5) is 13.6 Å². The molecule has 2 aromatic carbocycles. The molecular formula is C28H28F2I2O6. The highest BCUT2D eigenvalue weighted by molar-refractivity contribution is 14.1. The van der Waals surface area contributed by atoms with Gasteiger partial charge in [-0.05, 0) is 144 Å². The van der Waals surface area contributed by atoms with Crippen molar-refractivity contribution in [3.05, 3.63) is 49.1 Å². The summed E-state index contributed by atoms with van der Waals surface area (Å²) in [6, 6.07) is 10.8. The number of aryl methyl sites for hydroxylation is 1. The zero-order valence-electron chi connectivity index (χ0n) is 21.0. The summed E-state index contributed by atoms with van der Waals surface area (Å²) in [7, 11) is 0. The Balaban J connectivity index is 1.22. The molecule has 2 aromatic rings. The third-order valence-electron chi connectivity index (χ3n) is 7.74. The molecule has 0 spiro atoms. The number of carbonyl (C=O) groups is 2. The van der Waals surface area contributed by atoms with Crippen LogP contribution in [0.5, 0.6) is 17.2 Å². The lowest BCUT2D eigenvalue weighted by atomic mass is 9.48. The van der Waals surface area contributed by atoms with Crippen LogP contribution < -0.4 is 9.47 Å². The van der Waals surface area contributed by atoms with Crippen LogP contribution in [-0.2, 0) is 14.3 Å². The summed E-state index contributed by atoms with van der Waals surface area (Å²) < 4.78 is 51.3. The maximum absolute atomic E-state index is 13.3. The molecule has 0 aromatic heterocycles. The number of ether oxygens (including phenoxy) is 4. The zero-order valence-corrected chi connectivity index (χ0v) is 25.3. The molecule has 6 nitrogen and oxygen atoms in total. The molecule has 2 unspecified atom stereocenters. The van der Waals surface area contributed by atoms with E-state index in [0.717, 1.165) is 37.7 Å². The predicted octanol–water partition coefficient (Wildman–Crippen LogP) is 8.05. The van der Waals surface area contributed by atoms with Gasteiger partial charge < -0.3 is 18.9 Å². The summed E-state index contributed by atoms with van der Waals surface area (Å²) in [4.78, 5) is 24.5. The van der Waals surface area contributed by atoms with Gasteiger partial charge in [-0.3, -0.25) is 0 Å². The van der Waals surface area contributed by atoms with Crippen molar-refractivity contribution in [2.24, 2.45) is 17.3 Å². The van der Waals surface area contributed by atoms with Crippen molar-refractivity contribution in [2.75, 3.05) is 6.61 Å². The van der Waals surface area contributed by atoms with Crippen molar-refractivity contribution < 1.29 is 37.3 Å². The van der Waals surface area contributed by atoms with Crippen LogP contribution in [0.1, 0.15) is 51.0 Å². The fourth-order valence-corrected chi connectivity index (χ4v) is 9.05. The minimum Gasteiger partial charge on any atom is -0.461 e. The molecular weight excluding hydrogens is 724 g/mol. The molecule has 4 aliphatic rings. The number of rotatable bonds is 7. The minimum atomic E-state index is -3.53. The van der Waals surface area contributed by atoms with E-state index in [0.29, 0.717) is 49.5 Å². The highest BCUT2D eigenvalue weighted by Gasteiger charge is 2.60. The van der Waals surface area contributed by atoms with Gasteiger partial charge in [-0.25, -0.2) is 9.59 Å². The fraction of sp³-hybridized carbons (Fsp3) is 0.500. The first kappa shape index (κ1) is 27.9. The van der Waals surface area contributed by atoms with Gasteiger partial charge in [0.2, 0.25) is 0 Å². The molecule has 4 aliphatic carbocycles. The van der Waals surface area contributed by atoms with Gasteiger partial charge in [0.1, 0.15) is 22.8 Å². The Hall–Kier alpha value is -1.70. The SMILES string of the molecule is Cc1cc(I)cc(I)c1Oc1ccc(OC(=O)OC23CC4CC(CC(COC(=O)C(C)(F)F)(C4)C2)C3)cc1. The number of hydrogen-bond acceptors (Lipinski definition) is 6. The Morgan fingerprint density at radius 1 is 1.03 bits per heavy atom. The lowest BCUT2D eigenvalue weighted by Crippen LogP contribution is -2.59. The molecule has 38 heavy (non-hydrogen) atoms. The standard InChI is InChI=1S/C28H28F2I2O6/c1-16-7-19(31)9-22(32)23(16)36-20-3-5-21(6-4-20)37-25(34)38-28-12-17-8-18(13-28)11-27(10-17,14-28)15-35-24(33)26(2,29)30/h3-7,9,17-18H,8,10-15H2,1-2H3. The largest absolute Gasteiger partial charge is 0.514 e. The summed E-state index contributed by atoms with van der Waals surface area (Å²) in [6.45, 7) is 2.45. The second-order valence-electron chi connectivity index (χ2n) is 11.2. The molecule has 0 heterocycles. The van der Waals surface area contributed by atoms with Crippen molar-refractivity contribution in [1.82, 2.24) is 0 Å². The van der Waals surface area contributed by atoms with Crippen LogP contribution >= 0.6 is 45.2 Å². The van der Waals surface area contributed by atoms with E-state index in [9.17, 15) is 18.4 Å². The maximum atomic E-state index is 13.3.